The molecule has 1 unspecified atom stereocenters. The number of ketones is 1. The molecule has 0 saturated carbocycles. The molecule has 0 bridgehead atoms. The van der Waals surface area contributed by atoms with Gasteiger partial charge in [0.25, 0.3) is 0 Å². The largest absolute Gasteiger partial charge is 0.462 e. The molecule has 1 aromatic rings. The molecule has 0 spiro atoms. The van der Waals surface area contributed by atoms with Crippen LogP contribution in [-0.4, -0.2) is 23.7 Å². The molecule has 0 N–H and O–H groups in total. The number of carbonyl (C=O) groups is 2. The molecule has 0 aliphatic heterocycles. The summed E-state index contributed by atoms with van der Waals surface area (Å²) in [6.45, 7) is 3.64. The Kier molecular flexibility index (Phi) is 5.82. The van der Waals surface area contributed by atoms with Gasteiger partial charge in [0.05, 0.1) is 17.5 Å². The number of hydrogen-bond donors (Lipinski definition) is 0. The molecule has 0 aliphatic rings. The van der Waals surface area contributed by atoms with E-state index in [1.54, 1.807) is 26.0 Å². The average molecular weight is 334 g/mol. The molecule has 0 aromatic heterocycles. The number of esters is 1. The molecule has 0 fully saturated rings. The van der Waals surface area contributed by atoms with Gasteiger partial charge >= 0.3 is 5.97 Å². The van der Waals surface area contributed by atoms with Crippen LogP contribution in [0.5, 0.6) is 0 Å². The number of rotatable bonds is 5. The highest BCUT2D eigenvalue weighted by atomic mass is 79.9. The summed E-state index contributed by atoms with van der Waals surface area (Å²) in [4.78, 5) is 23.6. The van der Waals surface area contributed by atoms with Crippen LogP contribution >= 0.6 is 27.5 Å². The number of halogens is 2. The van der Waals surface area contributed by atoms with E-state index < -0.39 is 11.3 Å². The van der Waals surface area contributed by atoms with E-state index >= 15 is 0 Å². The van der Waals surface area contributed by atoms with Crippen molar-refractivity contribution < 1.29 is 14.3 Å². The zero-order valence-corrected chi connectivity index (χ0v) is 12.5. The molecular weight excluding hydrogens is 319 g/mol. The van der Waals surface area contributed by atoms with E-state index in [2.05, 4.69) is 15.9 Å². The predicted octanol–water partition coefficient (Wildman–Crippen LogP) is 3.57. The van der Waals surface area contributed by atoms with Crippen LogP contribution in [0.4, 0.5) is 0 Å². The average Bonchev–Trinajstić information content (AvgIpc) is 2.37. The van der Waals surface area contributed by atoms with Gasteiger partial charge in [-0.1, -0.05) is 28.1 Å². The predicted molar refractivity (Wildman–Crippen MR) is 74.7 cm³/mol. The fourth-order valence-corrected chi connectivity index (χ4v) is 2.09. The van der Waals surface area contributed by atoms with Crippen LogP contribution in [0.15, 0.2) is 18.2 Å². The monoisotopic (exact) mass is 332 g/mol. The van der Waals surface area contributed by atoms with Crippen LogP contribution in [0.25, 0.3) is 0 Å². The van der Waals surface area contributed by atoms with Gasteiger partial charge in [-0.25, -0.2) is 4.79 Å². The van der Waals surface area contributed by atoms with Crippen molar-refractivity contribution in [1.29, 1.82) is 0 Å². The van der Waals surface area contributed by atoms with Crippen molar-refractivity contribution in [2.45, 2.75) is 24.6 Å². The summed E-state index contributed by atoms with van der Waals surface area (Å²) in [7, 11) is 0. The summed E-state index contributed by atoms with van der Waals surface area (Å²) in [5.74, 6) is -0.632. The number of hydrogen-bond acceptors (Lipinski definition) is 3. The molecular formula is C13H14BrClO3. The zero-order chi connectivity index (χ0) is 13.7. The molecule has 98 valence electrons. The summed E-state index contributed by atoms with van der Waals surface area (Å²) in [5.41, 5.74) is 1.61. The Morgan fingerprint density at radius 3 is 2.61 bits per heavy atom. The van der Waals surface area contributed by atoms with Crippen LogP contribution in [0, 0.1) is 0 Å². The minimum atomic E-state index is -0.616. The second-order valence-corrected chi connectivity index (χ2v) is 4.92. The zero-order valence-electron chi connectivity index (χ0n) is 10.2. The molecule has 0 amide bonds. The third-order valence-electron chi connectivity index (χ3n) is 2.39. The van der Waals surface area contributed by atoms with Gasteiger partial charge in [-0.2, -0.15) is 0 Å². The summed E-state index contributed by atoms with van der Waals surface area (Å²) in [6.07, 6.45) is 0. The lowest BCUT2D eigenvalue weighted by Gasteiger charge is -2.09. The maximum atomic E-state index is 11.8. The van der Waals surface area contributed by atoms with E-state index in [9.17, 15) is 9.59 Å². The van der Waals surface area contributed by atoms with Gasteiger partial charge in [0.1, 0.15) is 0 Å². The molecule has 3 nitrogen and oxygen atoms in total. The number of alkyl halides is 2. The first-order chi connectivity index (χ1) is 8.51. The van der Waals surface area contributed by atoms with Crippen molar-refractivity contribution >= 4 is 39.3 Å². The number of carbonyl (C=O) groups excluding carboxylic acids is 2. The van der Waals surface area contributed by atoms with Crippen molar-refractivity contribution in [1.82, 2.24) is 0 Å². The quantitative estimate of drug-likeness (QED) is 0.470. The van der Waals surface area contributed by atoms with Crippen molar-refractivity contribution in [3.63, 3.8) is 0 Å². The second-order valence-electron chi connectivity index (χ2n) is 3.71. The fraction of sp³-hybridized carbons (Fsp3) is 0.385. The van der Waals surface area contributed by atoms with Crippen molar-refractivity contribution in [2.75, 3.05) is 6.61 Å². The molecule has 1 atom stereocenters. The highest BCUT2D eigenvalue weighted by Crippen LogP contribution is 2.18. The minimum absolute atomic E-state index is 0.205. The van der Waals surface area contributed by atoms with E-state index in [0.29, 0.717) is 23.1 Å². The van der Waals surface area contributed by atoms with Gasteiger partial charge < -0.3 is 4.74 Å². The topological polar surface area (TPSA) is 43.4 Å². The Hall–Kier alpha value is -0.870. The van der Waals surface area contributed by atoms with E-state index in [4.69, 9.17) is 16.3 Å². The van der Waals surface area contributed by atoms with Crippen LogP contribution < -0.4 is 0 Å². The molecule has 0 aliphatic carbocycles. The highest BCUT2D eigenvalue weighted by Gasteiger charge is 2.17. The van der Waals surface area contributed by atoms with Crippen LogP contribution in [0.2, 0.25) is 0 Å². The molecule has 0 heterocycles. The third-order valence-corrected chi connectivity index (χ3v) is 3.20. The number of benzene rings is 1. The minimum Gasteiger partial charge on any atom is -0.462 e. The standard InChI is InChI=1S/C13H14BrClO3/c1-3-18-13(17)11-6-9(12(16)8(2)15)4-5-10(11)7-14/h4-6,8H,3,7H2,1-2H3. The lowest BCUT2D eigenvalue weighted by molar-refractivity contribution is 0.0525. The van der Waals surface area contributed by atoms with E-state index in [0.717, 1.165) is 5.56 Å². The Balaban J connectivity index is 3.17. The van der Waals surface area contributed by atoms with Gasteiger partial charge in [-0.05, 0) is 25.5 Å². The number of Topliss-reactive ketones (excluding diaryl/α,β-unsaturated/α-hetero) is 1. The SMILES string of the molecule is CCOC(=O)c1cc(C(=O)C(C)Cl)ccc1CBr. The van der Waals surface area contributed by atoms with Gasteiger partial charge in [0.2, 0.25) is 0 Å². The molecule has 1 rings (SSSR count). The lowest BCUT2D eigenvalue weighted by atomic mass is 10.0. The normalized spacial score (nSPS) is 12.0. The molecule has 0 radical (unpaired) electrons. The Bertz CT molecular complexity index is 458. The highest BCUT2D eigenvalue weighted by molar-refractivity contribution is 9.08. The van der Waals surface area contributed by atoms with Gasteiger partial charge in [-0.15, -0.1) is 11.6 Å². The Morgan fingerprint density at radius 1 is 1.44 bits per heavy atom. The smallest absolute Gasteiger partial charge is 0.338 e. The first-order valence-electron chi connectivity index (χ1n) is 5.55. The third kappa shape index (κ3) is 3.56. The molecule has 5 heteroatoms. The van der Waals surface area contributed by atoms with Crippen LogP contribution in [-0.2, 0) is 10.1 Å². The first kappa shape index (κ1) is 15.2. The fourth-order valence-electron chi connectivity index (χ4n) is 1.47. The van der Waals surface area contributed by atoms with Gasteiger partial charge in [0, 0.05) is 10.9 Å². The van der Waals surface area contributed by atoms with Crippen molar-refractivity contribution in [3.05, 3.63) is 34.9 Å². The summed E-state index contributed by atoms with van der Waals surface area (Å²) in [6, 6.07) is 4.93. The van der Waals surface area contributed by atoms with E-state index in [1.165, 1.54) is 6.07 Å². The summed E-state index contributed by atoms with van der Waals surface area (Å²) < 4.78 is 4.96. The van der Waals surface area contributed by atoms with Gasteiger partial charge in [0.15, 0.2) is 5.78 Å². The number of ether oxygens (including phenoxy) is 1. The summed E-state index contributed by atoms with van der Waals surface area (Å²) in [5, 5.41) is -0.0960. The first-order valence-corrected chi connectivity index (χ1v) is 7.11. The second kappa shape index (κ2) is 6.90. The molecule has 0 saturated heterocycles. The molecule has 1 aromatic carbocycles. The summed E-state index contributed by atoms with van der Waals surface area (Å²) >= 11 is 9.05. The van der Waals surface area contributed by atoms with E-state index in [-0.39, 0.29) is 5.78 Å². The van der Waals surface area contributed by atoms with Gasteiger partial charge in [-0.3, -0.25) is 4.79 Å². The van der Waals surface area contributed by atoms with Crippen molar-refractivity contribution in [3.8, 4) is 0 Å². The van der Waals surface area contributed by atoms with Crippen LogP contribution in [0.1, 0.15) is 40.1 Å². The maximum Gasteiger partial charge on any atom is 0.338 e. The lowest BCUT2D eigenvalue weighted by Crippen LogP contribution is -2.14. The van der Waals surface area contributed by atoms with Crippen molar-refractivity contribution in [2.24, 2.45) is 0 Å². The van der Waals surface area contributed by atoms with E-state index in [1.807, 2.05) is 0 Å². The maximum absolute atomic E-state index is 11.8. The Labute approximate surface area is 120 Å². The van der Waals surface area contributed by atoms with Crippen LogP contribution in [0.3, 0.4) is 0 Å². The Morgan fingerprint density at radius 2 is 2.11 bits per heavy atom. The molecule has 18 heavy (non-hydrogen) atoms.